The number of imidazole rings is 1. The summed E-state index contributed by atoms with van der Waals surface area (Å²) in [4.78, 5) is 9.65. The van der Waals surface area contributed by atoms with E-state index in [0.29, 0.717) is 6.04 Å². The quantitative estimate of drug-likeness (QED) is 0.813. The van der Waals surface area contributed by atoms with Crippen molar-refractivity contribution in [2.75, 3.05) is 26.7 Å². The number of halogens is 2. The van der Waals surface area contributed by atoms with E-state index in [0.717, 1.165) is 18.4 Å². The first kappa shape index (κ1) is 20.2. The van der Waals surface area contributed by atoms with Gasteiger partial charge in [0.1, 0.15) is 5.82 Å². The van der Waals surface area contributed by atoms with E-state index in [4.69, 9.17) is 0 Å². The molecule has 2 fully saturated rings. The number of aryl methyl sites for hydroxylation is 2. The largest absolute Gasteiger partial charge is 0.337 e. The van der Waals surface area contributed by atoms with Gasteiger partial charge in [-0.1, -0.05) is 24.3 Å². The van der Waals surface area contributed by atoms with E-state index in [1.165, 1.54) is 36.6 Å². The van der Waals surface area contributed by atoms with Gasteiger partial charge in [-0.2, -0.15) is 0 Å². The molecule has 1 aromatic heterocycles. The van der Waals surface area contributed by atoms with E-state index < -0.39 is 0 Å². The highest BCUT2D eigenvalue weighted by atomic mass is 35.5. The lowest BCUT2D eigenvalue weighted by Crippen LogP contribution is -2.29. The molecule has 138 valence electrons. The van der Waals surface area contributed by atoms with Crippen LogP contribution >= 0.6 is 24.8 Å². The summed E-state index contributed by atoms with van der Waals surface area (Å²) >= 11 is 0. The third-order valence-corrected chi connectivity index (χ3v) is 5.76. The molecule has 1 aromatic carbocycles. The van der Waals surface area contributed by atoms with Crippen LogP contribution in [0.4, 0.5) is 0 Å². The summed E-state index contributed by atoms with van der Waals surface area (Å²) in [5.74, 6) is 2.69. The molecular formula is C19H28Cl2N4. The van der Waals surface area contributed by atoms with Crippen molar-refractivity contribution in [2.45, 2.75) is 19.5 Å². The molecule has 2 aromatic rings. The number of hydrogen-bond donors (Lipinski definition) is 0. The van der Waals surface area contributed by atoms with Gasteiger partial charge >= 0.3 is 0 Å². The Hall–Kier alpha value is -1.07. The van der Waals surface area contributed by atoms with Crippen LogP contribution in [0.3, 0.4) is 0 Å². The number of benzene rings is 1. The Bertz CT molecular complexity index is 702. The van der Waals surface area contributed by atoms with Gasteiger partial charge in [-0.05, 0) is 36.9 Å². The van der Waals surface area contributed by atoms with E-state index in [1.807, 2.05) is 12.4 Å². The number of fused-ring (bicyclic) bond motifs is 1. The molecule has 3 atom stereocenters. The molecule has 3 heterocycles. The first-order chi connectivity index (χ1) is 11.1. The lowest BCUT2D eigenvalue weighted by Gasteiger charge is -2.28. The molecule has 2 saturated heterocycles. The molecular weight excluding hydrogens is 355 g/mol. The lowest BCUT2D eigenvalue weighted by molar-refractivity contribution is 0.220. The van der Waals surface area contributed by atoms with Crippen molar-refractivity contribution < 1.29 is 0 Å². The highest BCUT2D eigenvalue weighted by Crippen LogP contribution is 2.44. The second kappa shape index (κ2) is 8.09. The number of aromatic nitrogens is 2. The van der Waals surface area contributed by atoms with Crippen molar-refractivity contribution in [3.05, 3.63) is 53.6 Å². The molecule has 0 radical (unpaired) electrons. The third kappa shape index (κ3) is 3.72. The van der Waals surface area contributed by atoms with Crippen LogP contribution in [0.25, 0.3) is 0 Å². The smallest absolute Gasteiger partial charge is 0.122 e. The Morgan fingerprint density at radius 2 is 1.84 bits per heavy atom. The molecule has 0 saturated carbocycles. The van der Waals surface area contributed by atoms with Gasteiger partial charge < -0.3 is 4.57 Å². The Balaban J connectivity index is 0.00000113. The molecule has 4 nitrogen and oxygen atoms in total. The summed E-state index contributed by atoms with van der Waals surface area (Å²) in [6.45, 7) is 6.81. The average molecular weight is 383 g/mol. The molecule has 0 aliphatic carbocycles. The molecule has 25 heavy (non-hydrogen) atoms. The van der Waals surface area contributed by atoms with E-state index in [1.54, 1.807) is 0 Å². The van der Waals surface area contributed by atoms with Gasteiger partial charge in [0.25, 0.3) is 0 Å². The number of rotatable bonds is 3. The summed E-state index contributed by atoms with van der Waals surface area (Å²) in [5.41, 5.74) is 2.94. The van der Waals surface area contributed by atoms with E-state index in [-0.39, 0.29) is 24.8 Å². The van der Waals surface area contributed by atoms with Crippen molar-refractivity contribution in [2.24, 2.45) is 18.9 Å². The summed E-state index contributed by atoms with van der Waals surface area (Å²) in [6, 6.07) is 9.46. The molecule has 6 heteroatoms. The molecule has 0 N–H and O–H groups in total. The fraction of sp³-hybridized carbons (Fsp3) is 0.526. The molecule has 0 spiro atoms. The fourth-order valence-corrected chi connectivity index (χ4v) is 4.61. The van der Waals surface area contributed by atoms with Crippen LogP contribution in [0.15, 0.2) is 36.7 Å². The monoisotopic (exact) mass is 382 g/mol. The van der Waals surface area contributed by atoms with Crippen LogP contribution in [0, 0.1) is 18.8 Å². The average Bonchev–Trinajstić information content (AvgIpc) is 3.16. The maximum absolute atomic E-state index is 4.49. The first-order valence-corrected chi connectivity index (χ1v) is 8.58. The Morgan fingerprint density at radius 3 is 2.52 bits per heavy atom. The van der Waals surface area contributed by atoms with Gasteiger partial charge in [-0.3, -0.25) is 9.80 Å². The van der Waals surface area contributed by atoms with Gasteiger partial charge in [-0.15, -0.1) is 24.8 Å². The van der Waals surface area contributed by atoms with Crippen LogP contribution in [0.5, 0.6) is 0 Å². The number of nitrogens with zero attached hydrogens (tertiary/aromatic N) is 4. The zero-order valence-electron chi connectivity index (χ0n) is 15.1. The van der Waals surface area contributed by atoms with E-state index in [9.17, 15) is 0 Å². The molecule has 0 bridgehead atoms. The van der Waals surface area contributed by atoms with Crippen LogP contribution in [-0.4, -0.2) is 46.0 Å². The van der Waals surface area contributed by atoms with Gasteiger partial charge in [-0.25, -0.2) is 4.98 Å². The Kier molecular flexibility index (Phi) is 6.55. The zero-order chi connectivity index (χ0) is 16.0. The van der Waals surface area contributed by atoms with Crippen molar-refractivity contribution in [3.63, 3.8) is 0 Å². The van der Waals surface area contributed by atoms with Crippen molar-refractivity contribution in [1.82, 2.24) is 19.4 Å². The molecule has 0 unspecified atom stereocenters. The normalized spacial score (nSPS) is 26.1. The molecule has 0 amide bonds. The van der Waals surface area contributed by atoms with Crippen molar-refractivity contribution in [1.29, 1.82) is 0 Å². The van der Waals surface area contributed by atoms with Crippen molar-refractivity contribution >= 4 is 24.8 Å². The van der Waals surface area contributed by atoms with Gasteiger partial charge in [0, 0.05) is 45.1 Å². The highest BCUT2D eigenvalue weighted by Gasteiger charge is 2.46. The second-order valence-corrected chi connectivity index (χ2v) is 7.31. The molecule has 4 rings (SSSR count). The standard InChI is InChI=1S/C19H26N4.2ClH/c1-14-6-4-5-7-16(14)19-17-12-23(11-15(17)10-22(19)3)13-18-20-8-9-21(18)2;;/h4-9,15,17,19H,10-13H2,1-3H3;2*1H/t15-,17+,19-;;/m0../s1. The minimum Gasteiger partial charge on any atom is -0.337 e. The molecule has 2 aliphatic heterocycles. The van der Waals surface area contributed by atoms with Crippen LogP contribution in [-0.2, 0) is 13.6 Å². The third-order valence-electron chi connectivity index (χ3n) is 5.76. The maximum Gasteiger partial charge on any atom is 0.122 e. The fourth-order valence-electron chi connectivity index (χ4n) is 4.61. The van der Waals surface area contributed by atoms with E-state index in [2.05, 4.69) is 64.6 Å². The van der Waals surface area contributed by atoms with Crippen molar-refractivity contribution in [3.8, 4) is 0 Å². The first-order valence-electron chi connectivity index (χ1n) is 8.58. The minimum absolute atomic E-state index is 0. The predicted molar refractivity (Wildman–Crippen MR) is 107 cm³/mol. The van der Waals surface area contributed by atoms with Gasteiger partial charge in [0.2, 0.25) is 0 Å². The summed E-state index contributed by atoms with van der Waals surface area (Å²) in [5, 5.41) is 0. The lowest BCUT2D eigenvalue weighted by atomic mass is 9.88. The Morgan fingerprint density at radius 1 is 1.08 bits per heavy atom. The maximum atomic E-state index is 4.49. The van der Waals surface area contributed by atoms with Crippen LogP contribution in [0.2, 0.25) is 0 Å². The Labute approximate surface area is 163 Å². The van der Waals surface area contributed by atoms with Gasteiger partial charge in [0.15, 0.2) is 0 Å². The summed E-state index contributed by atoms with van der Waals surface area (Å²) in [7, 11) is 4.38. The predicted octanol–water partition coefficient (Wildman–Crippen LogP) is 3.31. The number of likely N-dealkylation sites (tertiary alicyclic amines) is 2. The van der Waals surface area contributed by atoms with Crippen LogP contribution in [0.1, 0.15) is 23.0 Å². The molecule has 2 aliphatic rings. The van der Waals surface area contributed by atoms with Crippen LogP contribution < -0.4 is 0 Å². The SMILES string of the molecule is Cc1ccccc1[C@H]1[C@@H]2CN(Cc3nccn3C)C[C@@H]2CN1C.Cl.Cl. The zero-order valence-corrected chi connectivity index (χ0v) is 16.8. The summed E-state index contributed by atoms with van der Waals surface area (Å²) in [6.07, 6.45) is 3.94. The number of hydrogen-bond acceptors (Lipinski definition) is 3. The minimum atomic E-state index is 0. The van der Waals surface area contributed by atoms with Gasteiger partial charge in [0.05, 0.1) is 6.54 Å². The van der Waals surface area contributed by atoms with E-state index >= 15 is 0 Å². The second-order valence-electron chi connectivity index (χ2n) is 7.31. The topological polar surface area (TPSA) is 24.3 Å². The highest BCUT2D eigenvalue weighted by molar-refractivity contribution is 5.85. The summed E-state index contributed by atoms with van der Waals surface area (Å²) < 4.78 is 2.14.